The number of hydrogen-bond acceptors (Lipinski definition) is 2. The number of benzene rings is 1. The molecule has 0 aliphatic rings. The Morgan fingerprint density at radius 2 is 2.05 bits per heavy atom. The summed E-state index contributed by atoms with van der Waals surface area (Å²) in [5.41, 5.74) is -0.436. The average Bonchev–Trinajstić information content (AvgIpc) is 2.43. The third-order valence-corrected chi connectivity index (χ3v) is 4.06. The predicted octanol–water partition coefficient (Wildman–Crippen LogP) is 2.48. The molecule has 0 unspecified atom stereocenters. The molecule has 0 atom stereocenters. The van der Waals surface area contributed by atoms with Crippen LogP contribution in [0.3, 0.4) is 0 Å². The summed E-state index contributed by atoms with van der Waals surface area (Å²) in [5, 5.41) is -0.0688. The van der Waals surface area contributed by atoms with Crippen LogP contribution in [0.2, 0.25) is 5.02 Å². The minimum atomic E-state index is -0.571. The zero-order chi connectivity index (χ0) is 14.9. The first-order valence-electron chi connectivity index (χ1n) is 5.88. The normalized spacial score (nSPS) is 10.8. The SMILES string of the molecule is CCn1cc(I)c(=O)n(Cc2cccc(F)c2Cl)c1=O. The summed E-state index contributed by atoms with van der Waals surface area (Å²) >= 11 is 7.73. The molecule has 0 aliphatic heterocycles. The van der Waals surface area contributed by atoms with Crippen LogP contribution in [-0.4, -0.2) is 9.13 Å². The van der Waals surface area contributed by atoms with Crippen LogP contribution in [0, 0.1) is 9.39 Å². The van der Waals surface area contributed by atoms with Gasteiger partial charge in [-0.1, -0.05) is 23.7 Å². The monoisotopic (exact) mass is 408 g/mol. The minimum Gasteiger partial charge on any atom is -0.300 e. The highest BCUT2D eigenvalue weighted by Crippen LogP contribution is 2.19. The lowest BCUT2D eigenvalue weighted by molar-refractivity contribution is 0.589. The Balaban J connectivity index is 2.60. The highest BCUT2D eigenvalue weighted by molar-refractivity contribution is 14.1. The van der Waals surface area contributed by atoms with Crippen LogP contribution in [0.15, 0.2) is 34.0 Å². The second-order valence-corrected chi connectivity index (χ2v) is 5.69. The molecular weight excluding hydrogens is 398 g/mol. The third kappa shape index (κ3) is 2.80. The molecule has 4 nitrogen and oxygen atoms in total. The van der Waals surface area contributed by atoms with Gasteiger partial charge < -0.3 is 0 Å². The summed E-state index contributed by atoms with van der Waals surface area (Å²) in [4.78, 5) is 24.2. The van der Waals surface area contributed by atoms with Gasteiger partial charge in [-0.15, -0.1) is 0 Å². The molecule has 0 N–H and O–H groups in total. The van der Waals surface area contributed by atoms with E-state index in [1.807, 2.05) is 29.5 Å². The van der Waals surface area contributed by atoms with Gasteiger partial charge in [-0.25, -0.2) is 9.18 Å². The summed E-state index contributed by atoms with van der Waals surface area (Å²) < 4.78 is 16.3. The molecule has 0 saturated carbocycles. The van der Waals surface area contributed by atoms with E-state index in [9.17, 15) is 14.0 Å². The lowest BCUT2D eigenvalue weighted by atomic mass is 10.2. The molecule has 0 saturated heterocycles. The highest BCUT2D eigenvalue weighted by atomic mass is 127. The van der Waals surface area contributed by atoms with E-state index in [-0.39, 0.29) is 11.6 Å². The Labute approximate surface area is 132 Å². The van der Waals surface area contributed by atoms with Gasteiger partial charge in [0.25, 0.3) is 5.56 Å². The number of nitrogens with zero attached hydrogens (tertiary/aromatic N) is 2. The fourth-order valence-electron chi connectivity index (χ4n) is 1.83. The predicted molar refractivity (Wildman–Crippen MR) is 83.9 cm³/mol. The lowest BCUT2D eigenvalue weighted by Gasteiger charge is -2.11. The number of hydrogen-bond donors (Lipinski definition) is 0. The second kappa shape index (κ2) is 6.09. The van der Waals surface area contributed by atoms with Crippen molar-refractivity contribution in [3.05, 3.63) is 65.2 Å². The zero-order valence-corrected chi connectivity index (χ0v) is 13.5. The largest absolute Gasteiger partial charge is 0.331 e. The molecule has 2 aromatic rings. The Bertz CT molecular complexity index is 770. The second-order valence-electron chi connectivity index (χ2n) is 4.15. The Morgan fingerprint density at radius 1 is 1.35 bits per heavy atom. The molecule has 1 heterocycles. The molecule has 0 bridgehead atoms. The molecule has 0 radical (unpaired) electrons. The van der Waals surface area contributed by atoms with Gasteiger partial charge in [-0.2, -0.15) is 0 Å². The van der Waals surface area contributed by atoms with Crippen LogP contribution in [0.4, 0.5) is 4.39 Å². The molecule has 106 valence electrons. The summed E-state index contributed by atoms with van der Waals surface area (Å²) in [7, 11) is 0. The van der Waals surface area contributed by atoms with Crippen LogP contribution in [0.5, 0.6) is 0 Å². The molecule has 1 aromatic heterocycles. The standard InChI is InChI=1S/C13H11ClFIN2O2/c1-2-17-7-10(16)12(19)18(13(17)20)6-8-4-3-5-9(15)11(8)14/h3-5,7H,2,6H2,1H3. The smallest absolute Gasteiger partial charge is 0.300 e. The fraction of sp³-hybridized carbons (Fsp3) is 0.231. The molecule has 0 amide bonds. The number of aryl methyl sites for hydroxylation is 1. The highest BCUT2D eigenvalue weighted by Gasteiger charge is 2.12. The van der Waals surface area contributed by atoms with E-state index in [0.717, 1.165) is 4.57 Å². The van der Waals surface area contributed by atoms with Crippen LogP contribution < -0.4 is 11.2 Å². The van der Waals surface area contributed by atoms with Gasteiger partial charge in [0.1, 0.15) is 5.82 Å². The van der Waals surface area contributed by atoms with Crippen LogP contribution in [-0.2, 0) is 13.1 Å². The lowest BCUT2D eigenvalue weighted by Crippen LogP contribution is -2.41. The Morgan fingerprint density at radius 3 is 2.70 bits per heavy atom. The number of rotatable bonds is 3. The van der Waals surface area contributed by atoms with Crippen LogP contribution >= 0.6 is 34.2 Å². The quantitative estimate of drug-likeness (QED) is 0.733. The van der Waals surface area contributed by atoms with Gasteiger partial charge in [0.15, 0.2) is 0 Å². The van der Waals surface area contributed by atoms with Crippen molar-refractivity contribution >= 4 is 34.2 Å². The van der Waals surface area contributed by atoms with Crippen molar-refractivity contribution in [2.24, 2.45) is 0 Å². The first-order valence-corrected chi connectivity index (χ1v) is 7.34. The van der Waals surface area contributed by atoms with Crippen molar-refractivity contribution < 1.29 is 4.39 Å². The molecule has 0 aliphatic carbocycles. The fourth-order valence-corrected chi connectivity index (χ4v) is 2.64. The van der Waals surface area contributed by atoms with Gasteiger partial charge in [0, 0.05) is 12.7 Å². The van der Waals surface area contributed by atoms with Gasteiger partial charge in [-0.3, -0.25) is 13.9 Å². The first kappa shape index (κ1) is 15.2. The Kier molecular flexibility index (Phi) is 4.64. The molecule has 2 rings (SSSR count). The van der Waals surface area contributed by atoms with Crippen molar-refractivity contribution in [2.45, 2.75) is 20.0 Å². The van der Waals surface area contributed by atoms with Crippen molar-refractivity contribution in [3.8, 4) is 0 Å². The summed E-state index contributed by atoms with van der Waals surface area (Å²) in [6.45, 7) is 2.21. The first-order chi connectivity index (χ1) is 9.45. The van der Waals surface area contributed by atoms with Gasteiger partial charge in [0.2, 0.25) is 0 Å². The number of aromatic nitrogens is 2. The molecule has 0 spiro atoms. The maximum Gasteiger partial charge on any atom is 0.331 e. The number of halogens is 3. The summed E-state index contributed by atoms with van der Waals surface area (Å²) in [6.07, 6.45) is 1.51. The van der Waals surface area contributed by atoms with Gasteiger partial charge >= 0.3 is 5.69 Å². The van der Waals surface area contributed by atoms with E-state index < -0.39 is 17.1 Å². The molecule has 0 fully saturated rings. The Hall–Kier alpha value is -1.15. The minimum absolute atomic E-state index is 0.0505. The average molecular weight is 409 g/mol. The summed E-state index contributed by atoms with van der Waals surface area (Å²) in [5.74, 6) is -0.571. The molecule has 7 heteroatoms. The van der Waals surface area contributed by atoms with E-state index in [0.29, 0.717) is 15.7 Å². The molecule has 1 aromatic carbocycles. The van der Waals surface area contributed by atoms with Crippen molar-refractivity contribution in [3.63, 3.8) is 0 Å². The van der Waals surface area contributed by atoms with Crippen LogP contribution in [0.25, 0.3) is 0 Å². The van der Waals surface area contributed by atoms with Crippen molar-refractivity contribution in [2.75, 3.05) is 0 Å². The van der Waals surface area contributed by atoms with E-state index in [2.05, 4.69) is 0 Å². The maximum absolute atomic E-state index is 13.4. The van der Waals surface area contributed by atoms with E-state index in [1.165, 1.54) is 22.9 Å². The maximum atomic E-state index is 13.4. The topological polar surface area (TPSA) is 44.0 Å². The zero-order valence-electron chi connectivity index (χ0n) is 10.6. The van der Waals surface area contributed by atoms with Crippen LogP contribution in [0.1, 0.15) is 12.5 Å². The summed E-state index contributed by atoms with van der Waals surface area (Å²) in [6, 6.07) is 4.31. The van der Waals surface area contributed by atoms with Crippen molar-refractivity contribution in [1.29, 1.82) is 0 Å². The third-order valence-electron chi connectivity index (χ3n) is 2.90. The van der Waals surface area contributed by atoms with E-state index >= 15 is 0 Å². The van der Waals surface area contributed by atoms with E-state index in [4.69, 9.17) is 11.6 Å². The molecule has 20 heavy (non-hydrogen) atoms. The van der Waals surface area contributed by atoms with Gasteiger partial charge in [0.05, 0.1) is 15.1 Å². The van der Waals surface area contributed by atoms with Crippen molar-refractivity contribution in [1.82, 2.24) is 9.13 Å². The molecular formula is C13H11ClFIN2O2. The van der Waals surface area contributed by atoms with Gasteiger partial charge in [-0.05, 0) is 41.1 Å². The van der Waals surface area contributed by atoms with E-state index in [1.54, 1.807) is 6.07 Å².